The fraction of sp³-hybridized carbons (Fsp3) is 0.556. The molecule has 0 radical (unpaired) electrons. The van der Waals surface area contributed by atoms with Gasteiger partial charge in [-0.2, -0.15) is 0 Å². The third-order valence-electron chi connectivity index (χ3n) is 5.36. The molecular weight excluding hydrogens is 318 g/mol. The molecule has 2 aromatic heterocycles. The van der Waals surface area contributed by atoms with Gasteiger partial charge in [0.2, 0.25) is 0 Å². The number of H-pyrrole nitrogens is 1. The maximum atomic E-state index is 12.7. The summed E-state index contributed by atoms with van der Waals surface area (Å²) in [6.45, 7) is 5.53. The summed E-state index contributed by atoms with van der Waals surface area (Å²) in [5.74, 6) is 1.14. The Morgan fingerprint density at radius 1 is 1.40 bits per heavy atom. The van der Waals surface area contributed by atoms with Gasteiger partial charge in [-0.3, -0.25) is 9.69 Å². The highest BCUT2D eigenvalue weighted by molar-refractivity contribution is 5.92. The van der Waals surface area contributed by atoms with Crippen molar-refractivity contribution in [3.05, 3.63) is 42.2 Å². The van der Waals surface area contributed by atoms with Gasteiger partial charge in [0.25, 0.3) is 5.91 Å². The molecule has 2 aliphatic rings. The van der Waals surface area contributed by atoms with Gasteiger partial charge < -0.3 is 19.2 Å². The molecule has 1 atom stereocenters. The van der Waals surface area contributed by atoms with E-state index in [1.54, 1.807) is 6.20 Å². The summed E-state index contributed by atoms with van der Waals surface area (Å²) >= 11 is 0. The summed E-state index contributed by atoms with van der Waals surface area (Å²) in [5, 5.41) is 0. The first-order valence-electron chi connectivity index (χ1n) is 8.84. The van der Waals surface area contributed by atoms with Gasteiger partial charge in [0.15, 0.2) is 0 Å². The van der Waals surface area contributed by atoms with E-state index in [0.29, 0.717) is 18.8 Å². The van der Waals surface area contributed by atoms with Crippen LogP contribution >= 0.6 is 0 Å². The molecule has 4 heterocycles. The van der Waals surface area contributed by atoms with Gasteiger partial charge in [-0.25, -0.2) is 4.98 Å². The van der Waals surface area contributed by atoms with Gasteiger partial charge in [-0.05, 0) is 25.1 Å². The molecule has 7 nitrogen and oxygen atoms in total. The number of carbonyl (C=O) groups excluding carboxylic acids is 1. The lowest BCUT2D eigenvalue weighted by Crippen LogP contribution is -2.43. The summed E-state index contributed by atoms with van der Waals surface area (Å²) in [7, 11) is 2.03. The zero-order chi connectivity index (χ0) is 17.3. The van der Waals surface area contributed by atoms with E-state index in [4.69, 9.17) is 4.74 Å². The average molecular weight is 343 g/mol. The van der Waals surface area contributed by atoms with E-state index < -0.39 is 0 Å². The van der Waals surface area contributed by atoms with Crippen LogP contribution in [0, 0.1) is 5.41 Å². The fourth-order valence-corrected chi connectivity index (χ4v) is 3.96. The smallest absolute Gasteiger partial charge is 0.270 e. The SMILES string of the molecule is Cn1ccnc1CN1CC[C@]2(COCCN(C(=O)c3ccc[nH]3)C2)C1. The van der Waals surface area contributed by atoms with E-state index in [-0.39, 0.29) is 11.3 Å². The van der Waals surface area contributed by atoms with Crippen molar-refractivity contribution in [2.24, 2.45) is 12.5 Å². The second-order valence-corrected chi connectivity index (χ2v) is 7.28. The molecule has 2 saturated heterocycles. The predicted molar refractivity (Wildman–Crippen MR) is 93.1 cm³/mol. The number of aromatic amines is 1. The molecular formula is C18H25N5O2. The number of imidazole rings is 1. The number of nitrogens with one attached hydrogen (secondary N) is 1. The number of hydrogen-bond donors (Lipinski definition) is 1. The Morgan fingerprint density at radius 2 is 2.32 bits per heavy atom. The summed E-state index contributed by atoms with van der Waals surface area (Å²) < 4.78 is 7.95. The largest absolute Gasteiger partial charge is 0.379 e. The molecule has 1 spiro atoms. The lowest BCUT2D eigenvalue weighted by atomic mass is 9.87. The van der Waals surface area contributed by atoms with Crippen molar-refractivity contribution in [3.63, 3.8) is 0 Å². The Morgan fingerprint density at radius 3 is 3.08 bits per heavy atom. The zero-order valence-electron chi connectivity index (χ0n) is 14.6. The van der Waals surface area contributed by atoms with Crippen molar-refractivity contribution in [3.8, 4) is 0 Å². The highest BCUT2D eigenvalue weighted by atomic mass is 16.5. The lowest BCUT2D eigenvalue weighted by molar-refractivity contribution is 0.0639. The third-order valence-corrected chi connectivity index (χ3v) is 5.36. The second kappa shape index (κ2) is 6.65. The van der Waals surface area contributed by atoms with Crippen LogP contribution in [0.15, 0.2) is 30.7 Å². The lowest BCUT2D eigenvalue weighted by Gasteiger charge is -2.31. The first-order valence-corrected chi connectivity index (χ1v) is 8.84. The monoisotopic (exact) mass is 343 g/mol. The fourth-order valence-electron chi connectivity index (χ4n) is 3.96. The summed E-state index contributed by atoms with van der Waals surface area (Å²) in [4.78, 5) is 24.6. The molecule has 0 aromatic carbocycles. The number of carbonyl (C=O) groups is 1. The topological polar surface area (TPSA) is 66.4 Å². The van der Waals surface area contributed by atoms with Crippen molar-refractivity contribution < 1.29 is 9.53 Å². The molecule has 25 heavy (non-hydrogen) atoms. The number of likely N-dealkylation sites (tertiary alicyclic amines) is 1. The Balaban J connectivity index is 1.45. The van der Waals surface area contributed by atoms with E-state index in [1.807, 2.05) is 36.5 Å². The van der Waals surface area contributed by atoms with Crippen LogP contribution in [-0.2, 0) is 18.3 Å². The van der Waals surface area contributed by atoms with Crippen molar-refractivity contribution >= 4 is 5.91 Å². The molecule has 0 saturated carbocycles. The van der Waals surface area contributed by atoms with Crippen molar-refractivity contribution in [1.29, 1.82) is 0 Å². The number of aryl methyl sites for hydroxylation is 1. The first kappa shape index (κ1) is 16.4. The number of aromatic nitrogens is 3. The minimum atomic E-state index is 0.0178. The quantitative estimate of drug-likeness (QED) is 0.907. The van der Waals surface area contributed by atoms with E-state index in [9.17, 15) is 4.79 Å². The van der Waals surface area contributed by atoms with Crippen LogP contribution in [0.2, 0.25) is 0 Å². The van der Waals surface area contributed by atoms with Crippen LogP contribution in [0.5, 0.6) is 0 Å². The number of nitrogens with zero attached hydrogens (tertiary/aromatic N) is 4. The van der Waals surface area contributed by atoms with Crippen LogP contribution in [0.25, 0.3) is 0 Å². The van der Waals surface area contributed by atoms with Crippen molar-refractivity contribution in [1.82, 2.24) is 24.3 Å². The van der Waals surface area contributed by atoms with Gasteiger partial charge in [-0.1, -0.05) is 0 Å². The minimum Gasteiger partial charge on any atom is -0.379 e. The van der Waals surface area contributed by atoms with Gasteiger partial charge in [-0.15, -0.1) is 0 Å². The molecule has 2 aliphatic heterocycles. The van der Waals surface area contributed by atoms with Gasteiger partial charge >= 0.3 is 0 Å². The molecule has 7 heteroatoms. The first-order chi connectivity index (χ1) is 12.2. The second-order valence-electron chi connectivity index (χ2n) is 7.28. The molecule has 0 bridgehead atoms. The Kier molecular flexibility index (Phi) is 4.35. The molecule has 2 fully saturated rings. The third kappa shape index (κ3) is 3.34. The standard InChI is InChI=1S/C18H25N5O2/c1-21-8-6-20-16(21)11-22-7-4-18(12-22)13-23(9-10-25-14-18)17(24)15-3-2-5-19-15/h2-3,5-6,8,19H,4,7,9-14H2,1H3/t18-/m0/s1. The van der Waals surface area contributed by atoms with E-state index >= 15 is 0 Å². The predicted octanol–water partition coefficient (Wildman–Crippen LogP) is 1.11. The van der Waals surface area contributed by atoms with Crippen LogP contribution in [0.4, 0.5) is 0 Å². The molecule has 1 amide bonds. The molecule has 1 N–H and O–H groups in total. The van der Waals surface area contributed by atoms with Crippen LogP contribution < -0.4 is 0 Å². The van der Waals surface area contributed by atoms with E-state index in [0.717, 1.165) is 45.0 Å². The maximum Gasteiger partial charge on any atom is 0.270 e. The summed E-state index contributed by atoms with van der Waals surface area (Å²) in [6, 6.07) is 3.70. The zero-order valence-corrected chi connectivity index (χ0v) is 14.6. The van der Waals surface area contributed by atoms with Gasteiger partial charge in [0.1, 0.15) is 11.5 Å². The Bertz CT molecular complexity index is 726. The van der Waals surface area contributed by atoms with E-state index in [2.05, 4.69) is 19.4 Å². The molecule has 134 valence electrons. The molecule has 2 aromatic rings. The van der Waals surface area contributed by atoms with Crippen molar-refractivity contribution in [2.45, 2.75) is 13.0 Å². The van der Waals surface area contributed by atoms with Crippen LogP contribution in [-0.4, -0.2) is 69.6 Å². The Hall–Kier alpha value is -2.12. The molecule has 0 unspecified atom stereocenters. The highest BCUT2D eigenvalue weighted by Gasteiger charge is 2.42. The van der Waals surface area contributed by atoms with Gasteiger partial charge in [0.05, 0.1) is 19.8 Å². The number of hydrogen-bond acceptors (Lipinski definition) is 4. The van der Waals surface area contributed by atoms with Crippen LogP contribution in [0.3, 0.4) is 0 Å². The number of rotatable bonds is 3. The normalized spacial score (nSPS) is 24.8. The van der Waals surface area contributed by atoms with Crippen molar-refractivity contribution in [2.75, 3.05) is 39.4 Å². The molecule has 0 aliphatic carbocycles. The van der Waals surface area contributed by atoms with Crippen LogP contribution in [0.1, 0.15) is 22.7 Å². The summed E-state index contributed by atoms with van der Waals surface area (Å²) in [6.07, 6.45) is 6.66. The highest BCUT2D eigenvalue weighted by Crippen LogP contribution is 2.34. The van der Waals surface area contributed by atoms with Gasteiger partial charge in [0, 0.05) is 50.7 Å². The maximum absolute atomic E-state index is 12.7. The average Bonchev–Trinajstić information content (AvgIpc) is 3.31. The number of amides is 1. The number of ether oxygens (including phenoxy) is 1. The minimum absolute atomic E-state index is 0.0178. The van der Waals surface area contributed by atoms with E-state index in [1.165, 1.54) is 0 Å². The Labute approximate surface area is 147 Å². The summed E-state index contributed by atoms with van der Waals surface area (Å²) in [5.41, 5.74) is 0.670. The molecule has 4 rings (SSSR count).